The molecule has 0 bridgehead atoms. The fourth-order valence-electron chi connectivity index (χ4n) is 3.66. The summed E-state index contributed by atoms with van der Waals surface area (Å²) in [5.74, 6) is -1.36. The molecule has 1 atom stereocenters. The topological polar surface area (TPSA) is 70.6 Å². The van der Waals surface area contributed by atoms with Crippen LogP contribution in [0.3, 0.4) is 0 Å². The second-order valence-corrected chi connectivity index (χ2v) is 9.15. The predicted molar refractivity (Wildman–Crippen MR) is 117 cm³/mol. The molecule has 5 nitrogen and oxygen atoms in total. The number of sulfonamides is 1. The average Bonchev–Trinajstić information content (AvgIpc) is 2.71. The zero-order chi connectivity index (χ0) is 22.2. The van der Waals surface area contributed by atoms with E-state index in [4.69, 9.17) is 0 Å². The number of fused-ring (bicyclic) bond motifs is 1. The molecule has 0 saturated carbocycles. The summed E-state index contributed by atoms with van der Waals surface area (Å²) in [6.45, 7) is 3.82. The summed E-state index contributed by atoms with van der Waals surface area (Å²) < 4.78 is 56.3. The number of hydrogen-bond donors (Lipinski definition) is 2. The van der Waals surface area contributed by atoms with Crippen LogP contribution in [0.2, 0.25) is 0 Å². The Morgan fingerprint density at radius 2 is 1.81 bits per heavy atom. The van der Waals surface area contributed by atoms with Crippen molar-refractivity contribution in [2.75, 3.05) is 5.32 Å². The smallest absolute Gasteiger partial charge is 0.266 e. The van der Waals surface area contributed by atoms with E-state index in [0.717, 1.165) is 17.2 Å². The quantitative estimate of drug-likeness (QED) is 0.617. The lowest BCUT2D eigenvalue weighted by molar-refractivity contribution is 0.586. The minimum atomic E-state index is -3.95. The van der Waals surface area contributed by atoms with Crippen LogP contribution in [-0.4, -0.2) is 14.4 Å². The zero-order valence-electron chi connectivity index (χ0n) is 17.0. The van der Waals surface area contributed by atoms with Gasteiger partial charge in [0.05, 0.1) is 12.2 Å². The highest BCUT2D eigenvalue weighted by molar-refractivity contribution is 7.90. The number of aryl methyl sites for hydroxylation is 1. The van der Waals surface area contributed by atoms with Crippen LogP contribution >= 0.6 is 0 Å². The van der Waals surface area contributed by atoms with Gasteiger partial charge in [0, 0.05) is 11.5 Å². The maximum atomic E-state index is 15.0. The van der Waals surface area contributed by atoms with Crippen molar-refractivity contribution in [1.29, 1.82) is 0 Å². The number of halogens is 2. The molecule has 1 heterocycles. The molecule has 0 aliphatic carbocycles. The van der Waals surface area contributed by atoms with E-state index in [1.807, 2.05) is 38.1 Å². The molecule has 31 heavy (non-hydrogen) atoms. The number of guanidine groups is 1. The van der Waals surface area contributed by atoms with Gasteiger partial charge >= 0.3 is 0 Å². The Labute approximate surface area is 179 Å². The predicted octanol–water partition coefficient (Wildman–Crippen LogP) is 4.69. The fraction of sp³-hybridized carbons (Fsp3) is 0.174. The molecule has 160 valence electrons. The largest absolute Gasteiger partial charge is 0.324 e. The van der Waals surface area contributed by atoms with Gasteiger partial charge in [-0.2, -0.15) is 0 Å². The van der Waals surface area contributed by atoms with Gasteiger partial charge in [-0.3, -0.25) is 0 Å². The van der Waals surface area contributed by atoms with Crippen molar-refractivity contribution in [1.82, 2.24) is 4.72 Å². The first-order valence-corrected chi connectivity index (χ1v) is 11.2. The van der Waals surface area contributed by atoms with E-state index in [2.05, 4.69) is 15.0 Å². The minimum Gasteiger partial charge on any atom is -0.324 e. The van der Waals surface area contributed by atoms with Crippen molar-refractivity contribution in [3.8, 4) is 0 Å². The van der Waals surface area contributed by atoms with Crippen LogP contribution < -0.4 is 10.0 Å². The highest BCUT2D eigenvalue weighted by atomic mass is 32.2. The summed E-state index contributed by atoms with van der Waals surface area (Å²) in [7, 11) is -3.95. The van der Waals surface area contributed by atoms with Crippen molar-refractivity contribution in [3.63, 3.8) is 0 Å². The molecule has 1 aliphatic heterocycles. The first kappa shape index (κ1) is 21.0. The summed E-state index contributed by atoms with van der Waals surface area (Å²) in [4.78, 5) is 4.18. The van der Waals surface area contributed by atoms with Crippen LogP contribution in [0, 0.1) is 18.6 Å². The summed E-state index contributed by atoms with van der Waals surface area (Å²) >= 11 is 0. The first-order valence-electron chi connectivity index (χ1n) is 9.72. The summed E-state index contributed by atoms with van der Waals surface area (Å²) in [6.07, 6.45) is 0. The molecule has 8 heteroatoms. The molecular formula is C23H21F2N3O2S. The van der Waals surface area contributed by atoms with Crippen LogP contribution in [0.4, 0.5) is 14.5 Å². The maximum absolute atomic E-state index is 15.0. The van der Waals surface area contributed by atoms with Gasteiger partial charge in [0.25, 0.3) is 10.0 Å². The van der Waals surface area contributed by atoms with Gasteiger partial charge in [-0.25, -0.2) is 26.9 Å². The van der Waals surface area contributed by atoms with E-state index in [9.17, 15) is 17.2 Å². The van der Waals surface area contributed by atoms with Crippen molar-refractivity contribution >= 4 is 21.7 Å². The third kappa shape index (κ3) is 4.29. The normalized spacial score (nSPS) is 16.8. The summed E-state index contributed by atoms with van der Waals surface area (Å²) in [5, 5.41) is 2.94. The minimum absolute atomic E-state index is 0.0416. The molecule has 0 saturated heterocycles. The van der Waals surface area contributed by atoms with Gasteiger partial charge < -0.3 is 5.32 Å². The van der Waals surface area contributed by atoms with Gasteiger partial charge in [0.1, 0.15) is 16.5 Å². The molecule has 1 aliphatic rings. The molecule has 3 aromatic carbocycles. The molecule has 3 aromatic rings. The Morgan fingerprint density at radius 3 is 2.55 bits per heavy atom. The molecule has 0 fully saturated rings. The van der Waals surface area contributed by atoms with E-state index in [0.29, 0.717) is 5.56 Å². The maximum Gasteiger partial charge on any atom is 0.266 e. The molecule has 0 spiro atoms. The van der Waals surface area contributed by atoms with Crippen LogP contribution in [0.5, 0.6) is 0 Å². The second kappa shape index (κ2) is 8.11. The van der Waals surface area contributed by atoms with Crippen molar-refractivity contribution in [2.45, 2.75) is 31.2 Å². The molecule has 4 rings (SSSR count). The van der Waals surface area contributed by atoms with E-state index < -0.39 is 27.6 Å². The average molecular weight is 442 g/mol. The van der Waals surface area contributed by atoms with Crippen LogP contribution in [-0.2, 0) is 16.6 Å². The van der Waals surface area contributed by atoms with Gasteiger partial charge in [-0.15, -0.1) is 0 Å². The second-order valence-electron chi connectivity index (χ2n) is 7.50. The van der Waals surface area contributed by atoms with E-state index >= 15 is 0 Å². The van der Waals surface area contributed by atoms with E-state index in [1.165, 1.54) is 18.2 Å². The van der Waals surface area contributed by atoms with Gasteiger partial charge in [0.15, 0.2) is 0 Å². The molecule has 0 amide bonds. The Balaban J connectivity index is 1.76. The Hall–Kier alpha value is -3.26. The van der Waals surface area contributed by atoms with Crippen molar-refractivity contribution in [2.24, 2.45) is 4.99 Å². The monoisotopic (exact) mass is 441 g/mol. The third-order valence-electron chi connectivity index (χ3n) is 5.20. The third-order valence-corrected chi connectivity index (χ3v) is 6.58. The first-order chi connectivity index (χ1) is 14.7. The molecule has 0 radical (unpaired) electrons. The number of aliphatic imine (C=N–C) groups is 1. The van der Waals surface area contributed by atoms with Gasteiger partial charge in [-0.1, -0.05) is 48.9 Å². The van der Waals surface area contributed by atoms with E-state index in [-0.39, 0.29) is 28.7 Å². The lowest BCUT2D eigenvalue weighted by Gasteiger charge is -2.26. The lowest BCUT2D eigenvalue weighted by atomic mass is 9.90. The highest BCUT2D eigenvalue weighted by Gasteiger charge is 2.32. The summed E-state index contributed by atoms with van der Waals surface area (Å²) in [5.41, 5.74) is 2.86. The highest BCUT2D eigenvalue weighted by Crippen LogP contribution is 2.38. The lowest BCUT2D eigenvalue weighted by Crippen LogP contribution is -2.41. The SMILES string of the molecule is Cc1cccc([C@H](C)c2c(F)ccc3c2NC(=NCc2cccc(F)c2)NS3(=O)=O)c1. The van der Waals surface area contributed by atoms with E-state index in [1.54, 1.807) is 12.1 Å². The molecule has 0 unspecified atom stereocenters. The number of hydrogen-bond acceptors (Lipinski definition) is 3. The van der Waals surface area contributed by atoms with Gasteiger partial charge in [0.2, 0.25) is 5.96 Å². The standard InChI is InChI=1S/C23H21F2N3O2S/c1-14-5-3-7-17(11-14)15(2)21-19(25)9-10-20-22(21)27-23(28-31(20,29)30)26-13-16-6-4-8-18(24)12-16/h3-12,15H,13H2,1-2H3,(H2,26,27,28)/t15-/m0/s1. The van der Waals surface area contributed by atoms with Gasteiger partial charge in [-0.05, 0) is 42.3 Å². The number of nitrogens with one attached hydrogen (secondary N) is 2. The van der Waals surface area contributed by atoms with Crippen LogP contribution in [0.25, 0.3) is 0 Å². The zero-order valence-corrected chi connectivity index (χ0v) is 17.8. The molecule has 0 aromatic heterocycles. The summed E-state index contributed by atoms with van der Waals surface area (Å²) in [6, 6.07) is 15.9. The van der Waals surface area contributed by atoms with Crippen LogP contribution in [0.15, 0.2) is 70.6 Å². The van der Waals surface area contributed by atoms with Crippen molar-refractivity contribution in [3.05, 3.63) is 94.6 Å². The molecular weight excluding hydrogens is 420 g/mol. The molecule has 2 N–H and O–H groups in total. The number of benzene rings is 3. The van der Waals surface area contributed by atoms with Crippen LogP contribution in [0.1, 0.15) is 35.1 Å². The Bertz CT molecular complexity index is 1290. The Kier molecular flexibility index (Phi) is 5.49. The fourth-order valence-corrected chi connectivity index (χ4v) is 4.82. The number of rotatable bonds is 4. The van der Waals surface area contributed by atoms with Crippen molar-refractivity contribution < 1.29 is 17.2 Å². The Morgan fingerprint density at radius 1 is 1.03 bits per heavy atom. The number of anilines is 1. The number of nitrogens with zero attached hydrogens (tertiary/aromatic N) is 1.